The number of hydrogen-bond donors (Lipinski definition) is 0. The molecule has 4 heteroatoms. The fraction of sp³-hybridized carbons (Fsp3) is 0.273. The van der Waals surface area contributed by atoms with E-state index in [1.165, 1.54) is 27.9 Å². The summed E-state index contributed by atoms with van der Waals surface area (Å²) in [5.41, 5.74) is 7.05. The zero-order valence-corrected chi connectivity index (χ0v) is 16.6. The molecule has 2 aromatic carbocycles. The first kappa shape index (κ1) is 19.0. The van der Waals surface area contributed by atoms with Crippen LogP contribution in [0.1, 0.15) is 27.9 Å². The molecular weight excluding hydrogens is 363 g/mol. The quantitative estimate of drug-likeness (QED) is 0.576. The van der Waals surface area contributed by atoms with E-state index in [2.05, 4.69) is 65.1 Å². The highest BCUT2D eigenvalue weighted by Gasteiger charge is 2.17. The Morgan fingerprint density at radius 3 is 2.42 bits per heavy atom. The minimum absolute atomic E-state index is 0. The summed E-state index contributed by atoms with van der Waals surface area (Å²) in [6.45, 7) is 6.33. The Hall–Kier alpha value is -1.74. The summed E-state index contributed by atoms with van der Waals surface area (Å²) in [6, 6.07) is 19.2. The van der Waals surface area contributed by atoms with Crippen LogP contribution in [0.2, 0.25) is 5.02 Å². The Kier molecular flexibility index (Phi) is 6.08. The molecule has 0 saturated heterocycles. The Labute approximate surface area is 166 Å². The molecule has 0 amide bonds. The van der Waals surface area contributed by atoms with Crippen LogP contribution in [-0.2, 0) is 26.1 Å². The van der Waals surface area contributed by atoms with Gasteiger partial charge in [0.25, 0.3) is 0 Å². The normalized spacial score (nSPS) is 13.9. The molecule has 0 unspecified atom stereocenters. The molecule has 0 radical (unpaired) electrons. The summed E-state index contributed by atoms with van der Waals surface area (Å²) in [7, 11) is 0. The van der Waals surface area contributed by atoms with Gasteiger partial charge in [0.1, 0.15) is 0 Å². The van der Waals surface area contributed by atoms with Crippen molar-refractivity contribution in [3.8, 4) is 0 Å². The van der Waals surface area contributed by atoms with Crippen LogP contribution in [0.5, 0.6) is 0 Å². The van der Waals surface area contributed by atoms with Crippen molar-refractivity contribution < 1.29 is 0 Å². The van der Waals surface area contributed by atoms with E-state index < -0.39 is 0 Å². The fourth-order valence-corrected chi connectivity index (χ4v) is 3.78. The van der Waals surface area contributed by atoms with E-state index in [4.69, 9.17) is 11.6 Å². The molecule has 136 valence electrons. The molecule has 0 aliphatic carbocycles. The third-order valence-electron chi connectivity index (χ3n) is 5.22. The molecule has 26 heavy (non-hydrogen) atoms. The number of rotatable bonds is 4. The molecule has 1 aliphatic rings. The molecule has 0 fully saturated rings. The lowest BCUT2D eigenvalue weighted by Crippen LogP contribution is -2.30. The van der Waals surface area contributed by atoms with E-state index in [1.807, 2.05) is 12.1 Å². The van der Waals surface area contributed by atoms with E-state index >= 15 is 0 Å². The maximum absolute atomic E-state index is 5.98. The number of hydrogen-bond acceptors (Lipinski definition) is 1. The molecule has 2 heterocycles. The van der Waals surface area contributed by atoms with Crippen LogP contribution in [0.25, 0.3) is 0 Å². The highest BCUT2D eigenvalue weighted by atomic mass is 35.5. The second-order valence-corrected chi connectivity index (χ2v) is 7.35. The monoisotopic (exact) mass is 386 g/mol. The van der Waals surface area contributed by atoms with E-state index in [0.717, 1.165) is 37.6 Å². The average Bonchev–Trinajstić information content (AvgIpc) is 2.97. The van der Waals surface area contributed by atoms with Crippen molar-refractivity contribution in [2.45, 2.75) is 33.0 Å². The molecule has 0 saturated carbocycles. The number of benzene rings is 2. The molecule has 4 rings (SSSR count). The first-order chi connectivity index (χ1) is 12.2. The second kappa shape index (κ2) is 8.30. The maximum atomic E-state index is 5.98. The summed E-state index contributed by atoms with van der Waals surface area (Å²) in [4.78, 5) is 2.55. The van der Waals surface area contributed by atoms with Crippen LogP contribution >= 0.6 is 24.0 Å². The van der Waals surface area contributed by atoms with E-state index in [1.54, 1.807) is 0 Å². The van der Waals surface area contributed by atoms with Crippen molar-refractivity contribution in [2.24, 2.45) is 0 Å². The highest BCUT2D eigenvalue weighted by molar-refractivity contribution is 6.30. The Morgan fingerprint density at radius 1 is 0.923 bits per heavy atom. The number of fused-ring (bicyclic) bond motifs is 1. The summed E-state index contributed by atoms with van der Waals surface area (Å²) in [5.74, 6) is 0. The minimum Gasteiger partial charge on any atom is -0.347 e. The van der Waals surface area contributed by atoms with Gasteiger partial charge in [-0.2, -0.15) is 0 Å². The number of aromatic nitrogens is 1. The first-order valence-electron chi connectivity index (χ1n) is 8.87. The molecule has 3 aromatic rings. The van der Waals surface area contributed by atoms with Gasteiger partial charge in [0.2, 0.25) is 0 Å². The lowest BCUT2D eigenvalue weighted by molar-refractivity contribution is 0.245. The van der Waals surface area contributed by atoms with Crippen LogP contribution in [0.3, 0.4) is 0 Å². The van der Waals surface area contributed by atoms with Gasteiger partial charge in [-0.3, -0.25) is 4.90 Å². The van der Waals surface area contributed by atoms with E-state index in [-0.39, 0.29) is 12.4 Å². The van der Waals surface area contributed by atoms with Crippen LogP contribution in [0.4, 0.5) is 0 Å². The molecule has 1 aromatic heterocycles. The largest absolute Gasteiger partial charge is 0.347 e. The minimum atomic E-state index is 0. The van der Waals surface area contributed by atoms with Crippen molar-refractivity contribution in [3.63, 3.8) is 0 Å². The Morgan fingerprint density at radius 2 is 1.65 bits per heavy atom. The first-order valence-corrected chi connectivity index (χ1v) is 9.25. The predicted molar refractivity (Wildman–Crippen MR) is 111 cm³/mol. The van der Waals surface area contributed by atoms with Gasteiger partial charge in [-0.25, -0.2) is 0 Å². The average molecular weight is 387 g/mol. The lowest BCUT2D eigenvalue weighted by atomic mass is 9.99. The van der Waals surface area contributed by atoms with Gasteiger partial charge in [-0.1, -0.05) is 48.0 Å². The smallest absolute Gasteiger partial charge is 0.0472 e. The van der Waals surface area contributed by atoms with Gasteiger partial charge in [-0.05, 0) is 53.8 Å². The summed E-state index contributed by atoms with van der Waals surface area (Å²) < 4.78 is 2.33. The SMILES string of the molecule is Cc1c(CN2CCc3ccccc3C2)ccn1Cc1ccc(Cl)cc1.Cl. The van der Waals surface area contributed by atoms with Crippen LogP contribution < -0.4 is 0 Å². The van der Waals surface area contributed by atoms with Crippen LogP contribution in [0.15, 0.2) is 60.8 Å². The molecule has 0 bridgehead atoms. The predicted octanol–water partition coefficient (Wildman–Crippen LogP) is 5.48. The molecule has 0 N–H and O–H groups in total. The summed E-state index contributed by atoms with van der Waals surface area (Å²) >= 11 is 5.98. The topological polar surface area (TPSA) is 8.17 Å². The third-order valence-corrected chi connectivity index (χ3v) is 5.47. The van der Waals surface area contributed by atoms with Crippen molar-refractivity contribution in [1.29, 1.82) is 0 Å². The van der Waals surface area contributed by atoms with Crippen molar-refractivity contribution in [1.82, 2.24) is 9.47 Å². The lowest BCUT2D eigenvalue weighted by Gasteiger charge is -2.28. The Bertz CT molecular complexity index is 868. The van der Waals surface area contributed by atoms with Gasteiger partial charge < -0.3 is 4.57 Å². The fourth-order valence-electron chi connectivity index (χ4n) is 3.65. The molecule has 0 spiro atoms. The van der Waals surface area contributed by atoms with E-state index in [9.17, 15) is 0 Å². The standard InChI is InChI=1S/C22H23ClN2.ClH/c1-17-20(11-13-25(17)14-18-6-8-22(23)9-7-18)15-24-12-10-19-4-2-3-5-21(19)16-24;/h2-9,11,13H,10,12,14-16H2,1H3;1H. The van der Waals surface area contributed by atoms with E-state index in [0.29, 0.717) is 0 Å². The summed E-state index contributed by atoms with van der Waals surface area (Å²) in [5, 5.41) is 0.791. The Balaban J connectivity index is 0.00000196. The molecule has 2 nitrogen and oxygen atoms in total. The van der Waals surface area contributed by atoms with Crippen molar-refractivity contribution in [2.75, 3.05) is 6.54 Å². The van der Waals surface area contributed by atoms with Gasteiger partial charge in [-0.15, -0.1) is 12.4 Å². The second-order valence-electron chi connectivity index (χ2n) is 6.91. The van der Waals surface area contributed by atoms with Gasteiger partial charge in [0, 0.05) is 43.1 Å². The highest BCUT2D eigenvalue weighted by Crippen LogP contribution is 2.22. The summed E-state index contributed by atoms with van der Waals surface area (Å²) in [6.07, 6.45) is 3.36. The number of nitrogens with zero attached hydrogens (tertiary/aromatic N) is 2. The molecular formula is C22H24Cl2N2. The zero-order chi connectivity index (χ0) is 17.2. The van der Waals surface area contributed by atoms with Gasteiger partial charge >= 0.3 is 0 Å². The molecule has 1 aliphatic heterocycles. The maximum Gasteiger partial charge on any atom is 0.0472 e. The van der Waals surface area contributed by atoms with Gasteiger partial charge in [0.15, 0.2) is 0 Å². The zero-order valence-electron chi connectivity index (χ0n) is 15.0. The number of halogens is 2. The van der Waals surface area contributed by atoms with Crippen molar-refractivity contribution in [3.05, 3.63) is 93.8 Å². The van der Waals surface area contributed by atoms with Gasteiger partial charge in [0.05, 0.1) is 0 Å². The molecule has 0 atom stereocenters. The van der Waals surface area contributed by atoms with Crippen molar-refractivity contribution >= 4 is 24.0 Å². The van der Waals surface area contributed by atoms with Crippen LogP contribution in [0, 0.1) is 6.92 Å². The van der Waals surface area contributed by atoms with Crippen LogP contribution in [-0.4, -0.2) is 16.0 Å². The third kappa shape index (κ3) is 4.15.